The summed E-state index contributed by atoms with van der Waals surface area (Å²) in [6.45, 7) is 1.93. The van der Waals surface area contributed by atoms with Crippen LogP contribution >= 0.6 is 0 Å². The third kappa shape index (κ3) is 4.28. The van der Waals surface area contributed by atoms with E-state index in [2.05, 4.69) is 34.9 Å². The molecule has 1 unspecified atom stereocenters. The lowest BCUT2D eigenvalue weighted by molar-refractivity contribution is -0.150. The van der Waals surface area contributed by atoms with E-state index in [1.54, 1.807) is 6.92 Å². The summed E-state index contributed by atoms with van der Waals surface area (Å²) in [5, 5.41) is 15.4. The van der Waals surface area contributed by atoms with Crippen molar-refractivity contribution in [1.29, 1.82) is 0 Å². The number of carboxylic acids is 1. The van der Waals surface area contributed by atoms with Crippen LogP contribution in [0, 0.1) is 11.3 Å². The molecule has 0 spiro atoms. The molecule has 0 radical (unpaired) electrons. The number of fused-ring (bicyclic) bond motifs is 3. The number of carbonyl (C=O) groups excluding carboxylic acids is 2. The number of amides is 2. The summed E-state index contributed by atoms with van der Waals surface area (Å²) in [5.41, 5.74) is 2.53. The van der Waals surface area contributed by atoms with E-state index in [0.717, 1.165) is 47.9 Å². The molecule has 2 aromatic rings. The van der Waals surface area contributed by atoms with Crippen LogP contribution in [0.4, 0.5) is 4.79 Å². The predicted octanol–water partition coefficient (Wildman–Crippen LogP) is 4.46. The van der Waals surface area contributed by atoms with Gasteiger partial charge in [-0.1, -0.05) is 61.4 Å². The molecular weight excluding hydrogens is 444 g/mol. The van der Waals surface area contributed by atoms with Crippen molar-refractivity contribution in [1.82, 2.24) is 10.6 Å². The molecule has 3 aliphatic carbocycles. The van der Waals surface area contributed by atoms with Gasteiger partial charge in [0.2, 0.25) is 5.91 Å². The van der Waals surface area contributed by atoms with Crippen LogP contribution in [-0.2, 0) is 14.3 Å². The number of ether oxygens (including phenoxy) is 1. The van der Waals surface area contributed by atoms with E-state index >= 15 is 0 Å². The SMILES string of the molecule is CC(NC(=O)C1(CNC(=O)OCC2c3ccccc3-c3ccccc32)CCCC1)(C(=O)O)C1CC1. The minimum atomic E-state index is -1.27. The lowest BCUT2D eigenvalue weighted by Crippen LogP contribution is -2.59. The van der Waals surface area contributed by atoms with E-state index in [0.29, 0.717) is 12.8 Å². The third-order valence-corrected chi connectivity index (χ3v) is 8.17. The Morgan fingerprint density at radius 1 is 1.00 bits per heavy atom. The normalized spacial score (nSPS) is 19.8. The Kier molecular flexibility index (Phi) is 6.03. The molecule has 1 atom stereocenters. The largest absolute Gasteiger partial charge is 0.480 e. The predicted molar refractivity (Wildman–Crippen MR) is 131 cm³/mol. The Morgan fingerprint density at radius 3 is 2.11 bits per heavy atom. The molecule has 0 heterocycles. The van der Waals surface area contributed by atoms with Crippen molar-refractivity contribution in [2.75, 3.05) is 13.2 Å². The Labute approximate surface area is 205 Å². The van der Waals surface area contributed by atoms with Gasteiger partial charge in [0.15, 0.2) is 0 Å². The summed E-state index contributed by atoms with van der Waals surface area (Å²) in [6.07, 6.45) is 4.00. The van der Waals surface area contributed by atoms with E-state index in [4.69, 9.17) is 4.74 Å². The maximum atomic E-state index is 13.3. The summed E-state index contributed by atoms with van der Waals surface area (Å²) in [5.74, 6) is -1.37. The van der Waals surface area contributed by atoms with E-state index in [1.165, 1.54) is 0 Å². The average Bonchev–Trinajstić information content (AvgIpc) is 3.53. The zero-order chi connectivity index (χ0) is 24.6. The number of hydrogen-bond donors (Lipinski definition) is 3. The van der Waals surface area contributed by atoms with Gasteiger partial charge in [-0.3, -0.25) is 4.79 Å². The molecular formula is C28H32N2O5. The molecule has 0 aromatic heterocycles. The van der Waals surface area contributed by atoms with Gasteiger partial charge in [-0.2, -0.15) is 0 Å². The maximum absolute atomic E-state index is 13.3. The number of alkyl carbamates (subject to hydrolysis) is 1. The topological polar surface area (TPSA) is 105 Å². The first-order valence-electron chi connectivity index (χ1n) is 12.5. The van der Waals surface area contributed by atoms with Gasteiger partial charge in [0.1, 0.15) is 12.1 Å². The zero-order valence-electron chi connectivity index (χ0n) is 20.0. The molecule has 5 rings (SSSR count). The molecule has 2 fully saturated rings. The Morgan fingerprint density at radius 2 is 1.57 bits per heavy atom. The fourth-order valence-corrected chi connectivity index (χ4v) is 5.79. The third-order valence-electron chi connectivity index (χ3n) is 8.17. The van der Waals surface area contributed by atoms with Gasteiger partial charge in [-0.05, 0) is 60.8 Å². The fourth-order valence-electron chi connectivity index (χ4n) is 5.79. The molecule has 0 aliphatic heterocycles. The van der Waals surface area contributed by atoms with Crippen molar-refractivity contribution in [3.05, 3.63) is 59.7 Å². The molecule has 7 heteroatoms. The van der Waals surface area contributed by atoms with Crippen molar-refractivity contribution in [2.24, 2.45) is 11.3 Å². The average molecular weight is 477 g/mol. The van der Waals surface area contributed by atoms with Crippen LogP contribution in [0.25, 0.3) is 11.1 Å². The molecule has 0 saturated heterocycles. The highest BCUT2D eigenvalue weighted by molar-refractivity contribution is 5.91. The quantitative estimate of drug-likeness (QED) is 0.522. The number of rotatable bonds is 8. The molecule has 2 aromatic carbocycles. The van der Waals surface area contributed by atoms with Crippen LogP contribution in [0.2, 0.25) is 0 Å². The second-order valence-corrected chi connectivity index (χ2v) is 10.4. The second-order valence-electron chi connectivity index (χ2n) is 10.4. The van der Waals surface area contributed by atoms with Gasteiger partial charge >= 0.3 is 12.1 Å². The summed E-state index contributed by atoms with van der Waals surface area (Å²) in [6, 6.07) is 16.3. The Balaban J connectivity index is 1.22. The highest BCUT2D eigenvalue weighted by Gasteiger charge is 2.52. The summed E-state index contributed by atoms with van der Waals surface area (Å²) in [7, 11) is 0. The van der Waals surface area contributed by atoms with E-state index in [-0.39, 0.29) is 30.9 Å². The molecule has 3 N–H and O–H groups in total. The van der Waals surface area contributed by atoms with Crippen molar-refractivity contribution in [3.8, 4) is 11.1 Å². The number of nitrogens with one attached hydrogen (secondary N) is 2. The van der Waals surface area contributed by atoms with E-state index in [9.17, 15) is 19.5 Å². The first-order valence-corrected chi connectivity index (χ1v) is 12.5. The van der Waals surface area contributed by atoms with E-state index in [1.807, 2.05) is 24.3 Å². The number of hydrogen-bond acceptors (Lipinski definition) is 4. The first-order chi connectivity index (χ1) is 16.8. The lowest BCUT2D eigenvalue weighted by atomic mass is 9.83. The van der Waals surface area contributed by atoms with Crippen molar-refractivity contribution in [2.45, 2.75) is 56.9 Å². The molecule has 3 aliphatic rings. The smallest absolute Gasteiger partial charge is 0.407 e. The number of carbonyl (C=O) groups is 3. The van der Waals surface area contributed by atoms with Crippen molar-refractivity contribution >= 4 is 18.0 Å². The minimum Gasteiger partial charge on any atom is -0.480 e. The summed E-state index contributed by atoms with van der Waals surface area (Å²) < 4.78 is 5.64. The molecule has 0 bridgehead atoms. The summed E-state index contributed by atoms with van der Waals surface area (Å²) >= 11 is 0. The van der Waals surface area contributed by atoms with Crippen LogP contribution in [0.1, 0.15) is 62.5 Å². The molecule has 184 valence electrons. The zero-order valence-corrected chi connectivity index (χ0v) is 20.0. The highest BCUT2D eigenvalue weighted by atomic mass is 16.5. The molecule has 7 nitrogen and oxygen atoms in total. The van der Waals surface area contributed by atoms with Gasteiger partial charge < -0.3 is 20.5 Å². The fraction of sp³-hybridized carbons (Fsp3) is 0.464. The molecule has 2 amide bonds. The van der Waals surface area contributed by atoms with Crippen LogP contribution in [0.15, 0.2) is 48.5 Å². The van der Waals surface area contributed by atoms with E-state index < -0.39 is 23.0 Å². The highest BCUT2D eigenvalue weighted by Crippen LogP contribution is 2.45. The van der Waals surface area contributed by atoms with Crippen LogP contribution < -0.4 is 10.6 Å². The lowest BCUT2D eigenvalue weighted by Gasteiger charge is -2.34. The summed E-state index contributed by atoms with van der Waals surface area (Å²) in [4.78, 5) is 37.9. The van der Waals surface area contributed by atoms with Crippen molar-refractivity contribution in [3.63, 3.8) is 0 Å². The maximum Gasteiger partial charge on any atom is 0.407 e. The Bertz CT molecular complexity index is 1110. The van der Waals surface area contributed by atoms with Crippen LogP contribution in [0.5, 0.6) is 0 Å². The van der Waals surface area contributed by atoms with Gasteiger partial charge in [-0.15, -0.1) is 0 Å². The second kappa shape index (κ2) is 9.02. The van der Waals surface area contributed by atoms with Crippen molar-refractivity contribution < 1.29 is 24.2 Å². The van der Waals surface area contributed by atoms with Crippen LogP contribution in [-0.4, -0.2) is 41.8 Å². The standard InChI is InChI=1S/C28H32N2O5/c1-27(25(32)33,18-12-13-18)30-24(31)28(14-6-7-15-28)17-29-26(34)35-16-23-21-10-4-2-8-19(21)20-9-3-5-11-22(20)23/h2-5,8-11,18,23H,6-7,12-17H2,1H3,(H,29,34)(H,30,31)(H,32,33). The monoisotopic (exact) mass is 476 g/mol. The van der Waals surface area contributed by atoms with Gasteiger partial charge in [0.05, 0.1) is 5.41 Å². The number of carboxylic acid groups (broad SMARTS) is 1. The van der Waals surface area contributed by atoms with Gasteiger partial charge in [-0.25, -0.2) is 9.59 Å². The number of benzene rings is 2. The minimum absolute atomic E-state index is 0.0355. The molecule has 2 saturated carbocycles. The molecule has 35 heavy (non-hydrogen) atoms. The first kappa shape index (κ1) is 23.4. The number of aliphatic carboxylic acids is 1. The van der Waals surface area contributed by atoms with Gasteiger partial charge in [0, 0.05) is 12.5 Å². The van der Waals surface area contributed by atoms with Crippen LogP contribution in [0.3, 0.4) is 0 Å². The van der Waals surface area contributed by atoms with Gasteiger partial charge in [0.25, 0.3) is 0 Å². The Hall–Kier alpha value is -3.35.